The lowest BCUT2D eigenvalue weighted by atomic mass is 10.3. The molecule has 0 aliphatic rings. The molecule has 1 aromatic heterocycles. The molecule has 0 saturated heterocycles. The summed E-state index contributed by atoms with van der Waals surface area (Å²) in [4.78, 5) is 1.25. The van der Waals surface area contributed by atoms with Crippen LogP contribution in [0, 0.1) is 0 Å². The number of nitrogens with two attached hydrogens (primary N) is 1. The molecule has 16 heavy (non-hydrogen) atoms. The molecule has 2 N–H and O–H groups in total. The summed E-state index contributed by atoms with van der Waals surface area (Å²) < 4.78 is 25.5. The average Bonchev–Trinajstić information content (AvgIpc) is 2.74. The molecule has 0 aromatic carbocycles. The maximum absolute atomic E-state index is 12.1. The Balaban J connectivity index is 2.84. The number of hydrogen-bond donors (Lipinski definition) is 1. The molecule has 0 spiro atoms. The van der Waals surface area contributed by atoms with Crippen LogP contribution >= 0.6 is 11.3 Å². The number of nitrogens with zero attached hydrogens (tertiary/aromatic N) is 1. The summed E-state index contributed by atoms with van der Waals surface area (Å²) in [7, 11) is -1.70. The molecule has 6 heteroatoms. The minimum Gasteiger partial charge on any atom is -0.326 e. The van der Waals surface area contributed by atoms with E-state index in [2.05, 4.69) is 0 Å². The van der Waals surface area contributed by atoms with E-state index >= 15 is 0 Å². The molecule has 1 rings (SSSR count). The first-order valence-electron chi connectivity index (χ1n) is 5.26. The Hall–Kier alpha value is -0.430. The summed E-state index contributed by atoms with van der Waals surface area (Å²) in [6, 6.07) is 1.66. The van der Waals surface area contributed by atoms with Crippen LogP contribution < -0.4 is 5.73 Å². The van der Waals surface area contributed by atoms with Gasteiger partial charge in [0.2, 0.25) is 10.0 Å². The Labute approximate surface area is 101 Å². The second-order valence-corrected chi connectivity index (χ2v) is 6.67. The molecule has 0 aliphatic heterocycles. The van der Waals surface area contributed by atoms with Crippen LogP contribution in [-0.4, -0.2) is 26.3 Å². The van der Waals surface area contributed by atoms with E-state index in [1.807, 2.05) is 6.92 Å². The van der Waals surface area contributed by atoms with Crippen molar-refractivity contribution in [2.75, 3.05) is 13.6 Å². The quantitative estimate of drug-likeness (QED) is 0.847. The SMILES string of the molecule is CCCCN(C)S(=O)(=O)c1csc(CN)c1. The van der Waals surface area contributed by atoms with Crippen LogP contribution in [-0.2, 0) is 16.6 Å². The molecule has 0 radical (unpaired) electrons. The fourth-order valence-electron chi connectivity index (χ4n) is 1.28. The van der Waals surface area contributed by atoms with Gasteiger partial charge in [0.25, 0.3) is 0 Å². The van der Waals surface area contributed by atoms with Gasteiger partial charge in [0.1, 0.15) is 0 Å². The van der Waals surface area contributed by atoms with E-state index in [4.69, 9.17) is 5.73 Å². The van der Waals surface area contributed by atoms with Crippen molar-refractivity contribution in [1.29, 1.82) is 0 Å². The highest BCUT2D eigenvalue weighted by Gasteiger charge is 2.21. The van der Waals surface area contributed by atoms with Gasteiger partial charge < -0.3 is 5.73 Å². The molecule has 0 bridgehead atoms. The van der Waals surface area contributed by atoms with Gasteiger partial charge in [-0.1, -0.05) is 13.3 Å². The van der Waals surface area contributed by atoms with Crippen molar-refractivity contribution in [1.82, 2.24) is 4.31 Å². The highest BCUT2D eigenvalue weighted by Crippen LogP contribution is 2.21. The third-order valence-corrected chi connectivity index (χ3v) is 5.31. The number of rotatable bonds is 6. The van der Waals surface area contributed by atoms with E-state index in [-0.39, 0.29) is 0 Å². The van der Waals surface area contributed by atoms with Gasteiger partial charge in [-0.25, -0.2) is 12.7 Å². The number of sulfonamides is 1. The van der Waals surface area contributed by atoms with Crippen LogP contribution in [0.4, 0.5) is 0 Å². The molecule has 1 heterocycles. The summed E-state index contributed by atoms with van der Waals surface area (Å²) in [5.41, 5.74) is 5.46. The zero-order chi connectivity index (χ0) is 12.2. The normalized spacial score (nSPS) is 12.2. The van der Waals surface area contributed by atoms with Gasteiger partial charge in [-0.3, -0.25) is 0 Å². The Morgan fingerprint density at radius 1 is 1.50 bits per heavy atom. The van der Waals surface area contributed by atoms with Crippen molar-refractivity contribution in [2.45, 2.75) is 31.2 Å². The van der Waals surface area contributed by atoms with Crippen molar-refractivity contribution >= 4 is 21.4 Å². The first kappa shape index (κ1) is 13.6. The summed E-state index contributed by atoms with van der Waals surface area (Å²) >= 11 is 1.39. The lowest BCUT2D eigenvalue weighted by Crippen LogP contribution is -2.27. The molecule has 0 atom stereocenters. The summed E-state index contributed by atoms with van der Waals surface area (Å²) in [5, 5.41) is 1.65. The fourth-order valence-corrected chi connectivity index (χ4v) is 3.64. The lowest BCUT2D eigenvalue weighted by molar-refractivity contribution is 0.459. The van der Waals surface area contributed by atoms with E-state index in [0.717, 1.165) is 17.7 Å². The van der Waals surface area contributed by atoms with E-state index in [0.29, 0.717) is 18.0 Å². The highest BCUT2D eigenvalue weighted by atomic mass is 32.2. The first-order chi connectivity index (χ1) is 7.52. The summed E-state index contributed by atoms with van der Waals surface area (Å²) in [5.74, 6) is 0. The van der Waals surface area contributed by atoms with Crippen LogP contribution in [0.1, 0.15) is 24.6 Å². The first-order valence-corrected chi connectivity index (χ1v) is 7.58. The zero-order valence-electron chi connectivity index (χ0n) is 9.64. The summed E-state index contributed by atoms with van der Waals surface area (Å²) in [6.45, 7) is 2.99. The van der Waals surface area contributed by atoms with E-state index < -0.39 is 10.0 Å². The maximum Gasteiger partial charge on any atom is 0.243 e. The van der Waals surface area contributed by atoms with Gasteiger partial charge in [0.15, 0.2) is 0 Å². The number of thiophene rings is 1. The fraction of sp³-hybridized carbons (Fsp3) is 0.600. The third-order valence-electron chi connectivity index (χ3n) is 2.37. The Morgan fingerprint density at radius 3 is 2.69 bits per heavy atom. The number of unbranched alkanes of at least 4 members (excludes halogenated alkanes) is 1. The molecular formula is C10H18N2O2S2. The molecule has 0 aliphatic carbocycles. The molecular weight excluding hydrogens is 244 g/mol. The smallest absolute Gasteiger partial charge is 0.243 e. The molecule has 4 nitrogen and oxygen atoms in total. The van der Waals surface area contributed by atoms with Crippen molar-refractivity contribution in [3.05, 3.63) is 16.3 Å². The van der Waals surface area contributed by atoms with Crippen molar-refractivity contribution in [2.24, 2.45) is 5.73 Å². The third kappa shape index (κ3) is 3.04. The Morgan fingerprint density at radius 2 is 2.19 bits per heavy atom. The van der Waals surface area contributed by atoms with Crippen molar-refractivity contribution < 1.29 is 8.42 Å². The average molecular weight is 262 g/mol. The predicted octanol–water partition coefficient (Wildman–Crippen LogP) is 1.63. The van der Waals surface area contributed by atoms with E-state index in [1.54, 1.807) is 18.5 Å². The van der Waals surface area contributed by atoms with Gasteiger partial charge in [0.05, 0.1) is 4.90 Å². The van der Waals surface area contributed by atoms with E-state index in [9.17, 15) is 8.42 Å². The van der Waals surface area contributed by atoms with Crippen LogP contribution in [0.3, 0.4) is 0 Å². The highest BCUT2D eigenvalue weighted by molar-refractivity contribution is 7.89. The minimum absolute atomic E-state index is 0.358. The van der Waals surface area contributed by atoms with Crippen LogP contribution in [0.15, 0.2) is 16.3 Å². The van der Waals surface area contributed by atoms with Crippen LogP contribution in [0.25, 0.3) is 0 Å². The Kier molecular flexibility index (Phi) is 4.91. The topological polar surface area (TPSA) is 63.4 Å². The van der Waals surface area contributed by atoms with Gasteiger partial charge in [-0.05, 0) is 12.5 Å². The minimum atomic E-state index is -3.31. The van der Waals surface area contributed by atoms with Gasteiger partial charge in [-0.15, -0.1) is 11.3 Å². The van der Waals surface area contributed by atoms with Crippen LogP contribution in [0.2, 0.25) is 0 Å². The lowest BCUT2D eigenvalue weighted by Gasteiger charge is -2.15. The standard InChI is InChI=1S/C10H18N2O2S2/c1-3-4-5-12(2)16(13,14)10-6-9(7-11)15-8-10/h6,8H,3-5,7,11H2,1-2H3. The molecule has 0 fully saturated rings. The van der Waals surface area contributed by atoms with Crippen molar-refractivity contribution in [3.8, 4) is 0 Å². The zero-order valence-corrected chi connectivity index (χ0v) is 11.3. The second-order valence-electron chi connectivity index (χ2n) is 3.63. The summed E-state index contributed by atoms with van der Waals surface area (Å²) in [6.07, 6.45) is 1.86. The molecule has 92 valence electrons. The van der Waals surface area contributed by atoms with E-state index in [1.165, 1.54) is 15.6 Å². The number of hydrogen-bond acceptors (Lipinski definition) is 4. The van der Waals surface area contributed by atoms with Gasteiger partial charge in [0, 0.05) is 30.4 Å². The predicted molar refractivity (Wildman–Crippen MR) is 66.9 cm³/mol. The monoisotopic (exact) mass is 262 g/mol. The van der Waals surface area contributed by atoms with Crippen molar-refractivity contribution in [3.63, 3.8) is 0 Å². The van der Waals surface area contributed by atoms with Crippen LogP contribution in [0.5, 0.6) is 0 Å². The second kappa shape index (κ2) is 5.77. The van der Waals surface area contributed by atoms with Gasteiger partial charge >= 0.3 is 0 Å². The maximum atomic E-state index is 12.1. The molecule has 0 saturated carbocycles. The molecule has 0 unspecified atom stereocenters. The molecule has 0 amide bonds. The largest absolute Gasteiger partial charge is 0.326 e. The van der Waals surface area contributed by atoms with Gasteiger partial charge in [-0.2, -0.15) is 0 Å². The molecule has 1 aromatic rings. The Bertz CT molecular complexity index is 426.